The van der Waals surface area contributed by atoms with Crippen molar-refractivity contribution in [3.63, 3.8) is 0 Å². The Bertz CT molecular complexity index is 1050. The van der Waals surface area contributed by atoms with E-state index in [4.69, 9.17) is 4.74 Å². The van der Waals surface area contributed by atoms with E-state index in [-0.39, 0.29) is 17.4 Å². The van der Waals surface area contributed by atoms with Crippen molar-refractivity contribution in [2.24, 2.45) is 0 Å². The number of carbonyl (C=O) groups is 1. The summed E-state index contributed by atoms with van der Waals surface area (Å²) in [6.45, 7) is 4.78. The van der Waals surface area contributed by atoms with Crippen LogP contribution in [0.1, 0.15) is 12.8 Å². The van der Waals surface area contributed by atoms with Gasteiger partial charge in [-0.3, -0.25) is 9.69 Å². The van der Waals surface area contributed by atoms with Gasteiger partial charge in [-0.15, -0.1) is 0 Å². The molecule has 10 heteroatoms. The van der Waals surface area contributed by atoms with Crippen molar-refractivity contribution >= 4 is 27.3 Å². The number of ether oxygens (including phenoxy) is 1. The molecule has 1 saturated heterocycles. The molecule has 0 unspecified atom stereocenters. The van der Waals surface area contributed by atoms with Gasteiger partial charge in [0, 0.05) is 32.7 Å². The molecule has 2 N–H and O–H groups in total. The number of piperazine rings is 1. The lowest BCUT2D eigenvalue weighted by Gasteiger charge is -2.37. The molecule has 1 fully saturated rings. The third-order valence-corrected chi connectivity index (χ3v) is 7.12. The van der Waals surface area contributed by atoms with E-state index in [0.717, 1.165) is 69.1 Å². The maximum absolute atomic E-state index is 13.0. The van der Waals surface area contributed by atoms with Crippen LogP contribution >= 0.6 is 0 Å². The maximum atomic E-state index is 13.0. The molecule has 2 aliphatic heterocycles. The quantitative estimate of drug-likeness (QED) is 0.584. The number of unbranched alkanes of at least 4 members (excludes halogenated alkanes) is 1. The van der Waals surface area contributed by atoms with Crippen LogP contribution in [0.4, 0.5) is 15.8 Å². The number of hydrogen-bond donors (Lipinski definition) is 2. The van der Waals surface area contributed by atoms with Crippen LogP contribution in [0.2, 0.25) is 0 Å². The smallest absolute Gasteiger partial charge is 0.262 e. The summed E-state index contributed by atoms with van der Waals surface area (Å²) in [5, 5.41) is 2.84. The summed E-state index contributed by atoms with van der Waals surface area (Å²) in [5.41, 5.74) is 1.71. The number of sulfonamides is 1. The molecule has 0 radical (unpaired) electrons. The number of carbonyl (C=O) groups excluding carboxylic acids is 1. The first kappa shape index (κ1) is 22.5. The van der Waals surface area contributed by atoms with E-state index in [1.165, 1.54) is 12.1 Å². The van der Waals surface area contributed by atoms with E-state index in [9.17, 15) is 17.6 Å². The van der Waals surface area contributed by atoms with E-state index in [2.05, 4.69) is 19.8 Å². The molecule has 2 aromatic carbocycles. The number of amides is 1. The number of benzene rings is 2. The number of anilines is 2. The first-order chi connectivity index (χ1) is 15.4. The molecular formula is C22H27FN4O4S. The van der Waals surface area contributed by atoms with Crippen LogP contribution in [-0.2, 0) is 14.8 Å². The molecule has 32 heavy (non-hydrogen) atoms. The van der Waals surface area contributed by atoms with Crippen molar-refractivity contribution in [2.75, 3.05) is 56.1 Å². The van der Waals surface area contributed by atoms with Crippen molar-refractivity contribution in [3.8, 4) is 5.75 Å². The molecule has 4 rings (SSSR count). The van der Waals surface area contributed by atoms with Gasteiger partial charge < -0.3 is 15.0 Å². The Morgan fingerprint density at radius 1 is 1.03 bits per heavy atom. The third-order valence-electron chi connectivity index (χ3n) is 5.65. The van der Waals surface area contributed by atoms with Crippen molar-refractivity contribution in [1.29, 1.82) is 0 Å². The minimum atomic E-state index is -3.61. The van der Waals surface area contributed by atoms with Crippen LogP contribution < -0.4 is 19.7 Å². The Balaban J connectivity index is 1.19. The summed E-state index contributed by atoms with van der Waals surface area (Å²) in [5.74, 6) is 0.129. The van der Waals surface area contributed by atoms with Gasteiger partial charge in [0.05, 0.1) is 16.3 Å². The molecule has 0 aliphatic carbocycles. The number of nitrogens with one attached hydrogen (secondary N) is 2. The predicted octanol–water partition coefficient (Wildman–Crippen LogP) is 2.04. The van der Waals surface area contributed by atoms with Gasteiger partial charge in [-0.25, -0.2) is 17.5 Å². The zero-order chi connectivity index (χ0) is 22.6. The van der Waals surface area contributed by atoms with E-state index in [0.29, 0.717) is 12.2 Å². The molecule has 1 amide bonds. The van der Waals surface area contributed by atoms with Gasteiger partial charge in [0.2, 0.25) is 10.0 Å². The minimum absolute atomic E-state index is 0.0366. The first-order valence-electron chi connectivity index (χ1n) is 10.7. The highest BCUT2D eigenvalue weighted by Gasteiger charge is 2.24. The second-order valence-electron chi connectivity index (χ2n) is 7.88. The number of nitrogens with zero attached hydrogens (tertiary/aromatic N) is 2. The lowest BCUT2D eigenvalue weighted by molar-refractivity contribution is -0.118. The molecule has 0 spiro atoms. The summed E-state index contributed by atoms with van der Waals surface area (Å²) in [6, 6.07) is 10.6. The van der Waals surface area contributed by atoms with E-state index < -0.39 is 15.8 Å². The van der Waals surface area contributed by atoms with Crippen molar-refractivity contribution in [1.82, 2.24) is 9.62 Å². The Morgan fingerprint density at radius 2 is 1.78 bits per heavy atom. The average molecular weight is 463 g/mol. The minimum Gasteiger partial charge on any atom is -0.479 e. The van der Waals surface area contributed by atoms with Crippen LogP contribution in [0.25, 0.3) is 0 Å². The zero-order valence-electron chi connectivity index (χ0n) is 17.7. The normalized spacial score (nSPS) is 16.9. The van der Waals surface area contributed by atoms with Crippen LogP contribution in [-0.4, -0.2) is 65.1 Å². The highest BCUT2D eigenvalue weighted by Crippen LogP contribution is 2.38. The fraction of sp³-hybridized carbons (Fsp3) is 0.409. The van der Waals surface area contributed by atoms with Gasteiger partial charge in [0.25, 0.3) is 5.91 Å². The Kier molecular flexibility index (Phi) is 6.92. The molecule has 0 atom stereocenters. The third kappa shape index (κ3) is 5.37. The highest BCUT2D eigenvalue weighted by atomic mass is 32.2. The molecule has 0 aromatic heterocycles. The molecule has 2 heterocycles. The van der Waals surface area contributed by atoms with Crippen LogP contribution in [0.5, 0.6) is 5.75 Å². The van der Waals surface area contributed by atoms with Crippen molar-refractivity contribution < 1.29 is 22.3 Å². The van der Waals surface area contributed by atoms with Crippen molar-refractivity contribution in [2.45, 2.75) is 17.7 Å². The summed E-state index contributed by atoms with van der Waals surface area (Å²) in [7, 11) is -3.61. The first-order valence-corrected chi connectivity index (χ1v) is 12.2. The molecule has 8 nitrogen and oxygen atoms in total. The number of fused-ring (bicyclic) bond motifs is 1. The van der Waals surface area contributed by atoms with Gasteiger partial charge in [-0.05, 0) is 55.8 Å². The lowest BCUT2D eigenvalue weighted by Crippen LogP contribution is -2.47. The standard InChI is InChI=1S/C22H27FN4O4S/c23-17-6-8-18(9-7-17)32(29,30)24-10-1-2-11-26-12-14-27(15-13-26)20-5-3-4-19-22(20)31-16-21(28)25-19/h3-9,24H,1-2,10-16H2,(H,25,28). The fourth-order valence-corrected chi connectivity index (χ4v) is 5.00. The number of hydrogen-bond acceptors (Lipinski definition) is 6. The summed E-state index contributed by atoms with van der Waals surface area (Å²) < 4.78 is 45.6. The molecule has 172 valence electrons. The Hall–Kier alpha value is -2.69. The van der Waals surface area contributed by atoms with E-state index in [1.807, 2.05) is 18.2 Å². The fourth-order valence-electron chi connectivity index (χ4n) is 3.92. The highest BCUT2D eigenvalue weighted by molar-refractivity contribution is 7.89. The summed E-state index contributed by atoms with van der Waals surface area (Å²) >= 11 is 0. The lowest BCUT2D eigenvalue weighted by atomic mass is 10.2. The number of halogens is 1. The Labute approximate surface area is 187 Å². The number of para-hydroxylation sites is 1. The van der Waals surface area contributed by atoms with Gasteiger partial charge >= 0.3 is 0 Å². The van der Waals surface area contributed by atoms with Gasteiger partial charge in [0.15, 0.2) is 12.4 Å². The molecule has 2 aliphatic rings. The maximum Gasteiger partial charge on any atom is 0.262 e. The van der Waals surface area contributed by atoms with Gasteiger partial charge in [0.1, 0.15) is 5.82 Å². The summed E-state index contributed by atoms with van der Waals surface area (Å²) in [6.07, 6.45) is 1.60. The zero-order valence-corrected chi connectivity index (χ0v) is 18.5. The van der Waals surface area contributed by atoms with Crippen molar-refractivity contribution in [3.05, 3.63) is 48.3 Å². The van der Waals surface area contributed by atoms with Crippen LogP contribution in [0, 0.1) is 5.82 Å². The second kappa shape index (κ2) is 9.85. The number of rotatable bonds is 8. The van der Waals surface area contributed by atoms with Crippen LogP contribution in [0.3, 0.4) is 0 Å². The second-order valence-corrected chi connectivity index (χ2v) is 9.65. The predicted molar refractivity (Wildman–Crippen MR) is 120 cm³/mol. The molecule has 0 bridgehead atoms. The largest absolute Gasteiger partial charge is 0.479 e. The molecule has 0 saturated carbocycles. The molecular weight excluding hydrogens is 435 g/mol. The van der Waals surface area contributed by atoms with Gasteiger partial charge in [-0.1, -0.05) is 6.07 Å². The van der Waals surface area contributed by atoms with E-state index >= 15 is 0 Å². The average Bonchev–Trinajstić information content (AvgIpc) is 2.79. The van der Waals surface area contributed by atoms with Crippen LogP contribution in [0.15, 0.2) is 47.4 Å². The molecule has 2 aromatic rings. The van der Waals surface area contributed by atoms with Gasteiger partial charge in [-0.2, -0.15) is 0 Å². The SMILES string of the molecule is O=C1COc2c(cccc2N2CCN(CCCCNS(=O)(=O)c3ccc(F)cc3)CC2)N1. The monoisotopic (exact) mass is 462 g/mol. The van der Waals surface area contributed by atoms with E-state index in [1.54, 1.807) is 0 Å². The summed E-state index contributed by atoms with van der Waals surface area (Å²) in [4.78, 5) is 16.2. The topological polar surface area (TPSA) is 91.0 Å². The Morgan fingerprint density at radius 3 is 2.53 bits per heavy atom.